The van der Waals surface area contributed by atoms with E-state index < -0.39 is 0 Å². The van der Waals surface area contributed by atoms with Gasteiger partial charge in [0.1, 0.15) is 0 Å². The molecule has 0 aliphatic carbocycles. The maximum Gasteiger partial charge on any atom is 0.235 e. The Morgan fingerprint density at radius 3 is 2.30 bits per heavy atom. The highest BCUT2D eigenvalue weighted by Crippen LogP contribution is 2.11. The Bertz CT molecular complexity index is 104. The van der Waals surface area contributed by atoms with Gasteiger partial charge in [0.2, 0.25) is 4.38 Å². The smallest absolute Gasteiger partial charge is 0.235 e. The molecule has 0 radical (unpaired) electrons. The quantitative estimate of drug-likeness (QED) is 0.484. The van der Waals surface area contributed by atoms with Crippen LogP contribution in [0.15, 0.2) is 0 Å². The summed E-state index contributed by atoms with van der Waals surface area (Å²) in [6.45, 7) is 6.17. The predicted octanol–water partition coefficient (Wildman–Crippen LogP) is 1.91. The minimum atomic E-state index is 0.587. The molecule has 0 amide bonds. The third-order valence-electron chi connectivity index (χ3n) is 1.08. The third kappa shape index (κ3) is 4.09. The summed E-state index contributed by atoms with van der Waals surface area (Å²) in [7, 11) is 1.60. The molecule has 4 heteroatoms. The van der Waals surface area contributed by atoms with Gasteiger partial charge in [0.05, 0.1) is 7.11 Å². The second kappa shape index (κ2) is 5.95. The first-order valence-corrected chi connectivity index (χ1v) is 4.43. The zero-order chi connectivity index (χ0) is 7.98. The van der Waals surface area contributed by atoms with Crippen molar-refractivity contribution in [1.29, 1.82) is 0 Å². The molecule has 0 aliphatic rings. The standard InChI is InChI=1S/C6H13NOS2/c1-4-7(5-2)10-6(9)8-3/h4-5H2,1-3H3. The van der Waals surface area contributed by atoms with Gasteiger partial charge in [-0.2, -0.15) is 0 Å². The zero-order valence-corrected chi connectivity index (χ0v) is 8.22. The Morgan fingerprint density at radius 1 is 1.50 bits per heavy atom. The number of hydrogen-bond donors (Lipinski definition) is 0. The van der Waals surface area contributed by atoms with Crippen molar-refractivity contribution in [2.24, 2.45) is 0 Å². The molecule has 60 valence electrons. The molecule has 0 N–H and O–H groups in total. The second-order valence-corrected chi connectivity index (χ2v) is 3.36. The fourth-order valence-corrected chi connectivity index (χ4v) is 1.36. The van der Waals surface area contributed by atoms with Gasteiger partial charge in [-0.15, -0.1) is 0 Å². The van der Waals surface area contributed by atoms with Gasteiger partial charge in [-0.3, -0.25) is 0 Å². The monoisotopic (exact) mass is 179 g/mol. The van der Waals surface area contributed by atoms with Crippen molar-refractivity contribution >= 4 is 28.5 Å². The highest BCUT2D eigenvalue weighted by atomic mass is 32.2. The lowest BCUT2D eigenvalue weighted by Crippen LogP contribution is -2.16. The average molecular weight is 179 g/mol. The maximum atomic E-state index is 4.86. The molecule has 0 aromatic heterocycles. The molecule has 0 aromatic carbocycles. The summed E-state index contributed by atoms with van der Waals surface area (Å²) in [4.78, 5) is 0. The molecule has 0 rings (SSSR count). The summed E-state index contributed by atoms with van der Waals surface area (Å²) < 4.78 is 7.55. The molecule has 0 heterocycles. The van der Waals surface area contributed by atoms with E-state index in [9.17, 15) is 0 Å². The molecule has 0 unspecified atom stereocenters. The van der Waals surface area contributed by atoms with Crippen LogP contribution in [0.4, 0.5) is 0 Å². The van der Waals surface area contributed by atoms with Crippen LogP contribution < -0.4 is 0 Å². The zero-order valence-electron chi connectivity index (χ0n) is 6.59. The van der Waals surface area contributed by atoms with Gasteiger partial charge in [0.25, 0.3) is 0 Å². The molecular formula is C6H13NOS2. The topological polar surface area (TPSA) is 12.5 Å². The van der Waals surface area contributed by atoms with E-state index in [2.05, 4.69) is 18.2 Å². The Labute approximate surface area is 72.1 Å². The number of nitrogens with zero attached hydrogens (tertiary/aromatic N) is 1. The van der Waals surface area contributed by atoms with Crippen molar-refractivity contribution in [3.63, 3.8) is 0 Å². The Balaban J connectivity index is 3.52. The lowest BCUT2D eigenvalue weighted by Gasteiger charge is -2.15. The van der Waals surface area contributed by atoms with Gasteiger partial charge < -0.3 is 4.74 Å². The predicted molar refractivity (Wildman–Crippen MR) is 50.1 cm³/mol. The molecular weight excluding hydrogens is 166 g/mol. The number of hydrogen-bond acceptors (Lipinski definition) is 4. The van der Waals surface area contributed by atoms with E-state index in [0.717, 1.165) is 13.1 Å². The van der Waals surface area contributed by atoms with Gasteiger partial charge in [0, 0.05) is 25.0 Å². The van der Waals surface area contributed by atoms with Crippen molar-refractivity contribution in [3.05, 3.63) is 0 Å². The molecule has 0 bridgehead atoms. The molecule has 0 saturated carbocycles. The van der Waals surface area contributed by atoms with Crippen molar-refractivity contribution < 1.29 is 4.74 Å². The SMILES string of the molecule is CCN(CC)SC(=S)OC. The van der Waals surface area contributed by atoms with Crippen LogP contribution in [0.5, 0.6) is 0 Å². The molecule has 10 heavy (non-hydrogen) atoms. The van der Waals surface area contributed by atoms with Crippen LogP contribution in [0.2, 0.25) is 0 Å². The maximum absolute atomic E-state index is 4.86. The lowest BCUT2D eigenvalue weighted by molar-refractivity contribution is 0.422. The van der Waals surface area contributed by atoms with Crippen LogP contribution in [0.3, 0.4) is 0 Å². The van der Waals surface area contributed by atoms with Gasteiger partial charge >= 0.3 is 0 Å². The molecule has 0 fully saturated rings. The highest BCUT2D eigenvalue weighted by molar-refractivity contribution is 8.21. The minimum Gasteiger partial charge on any atom is -0.481 e. The van der Waals surface area contributed by atoms with E-state index in [1.807, 2.05) is 0 Å². The van der Waals surface area contributed by atoms with E-state index in [1.165, 1.54) is 11.9 Å². The first kappa shape index (κ1) is 10.2. The fourth-order valence-electron chi connectivity index (χ4n) is 0.495. The largest absolute Gasteiger partial charge is 0.481 e. The summed E-state index contributed by atoms with van der Waals surface area (Å²) in [6, 6.07) is 0. The van der Waals surface area contributed by atoms with Crippen molar-refractivity contribution in [2.45, 2.75) is 13.8 Å². The third-order valence-corrected chi connectivity index (χ3v) is 2.56. The van der Waals surface area contributed by atoms with Crippen LogP contribution in [0.25, 0.3) is 0 Å². The van der Waals surface area contributed by atoms with E-state index in [4.69, 9.17) is 17.0 Å². The van der Waals surface area contributed by atoms with Gasteiger partial charge in [0.15, 0.2) is 0 Å². The highest BCUT2D eigenvalue weighted by Gasteiger charge is 2.02. The average Bonchev–Trinajstić information content (AvgIpc) is 1.99. The van der Waals surface area contributed by atoms with E-state index in [1.54, 1.807) is 7.11 Å². The molecule has 0 aliphatic heterocycles. The Hall–Kier alpha value is 0.200. The minimum absolute atomic E-state index is 0.587. The molecule has 0 spiro atoms. The van der Waals surface area contributed by atoms with Crippen LogP contribution >= 0.6 is 24.2 Å². The van der Waals surface area contributed by atoms with Crippen LogP contribution in [-0.2, 0) is 4.74 Å². The fraction of sp³-hybridized carbons (Fsp3) is 0.833. The van der Waals surface area contributed by atoms with E-state index >= 15 is 0 Å². The Morgan fingerprint density at radius 2 is 2.00 bits per heavy atom. The van der Waals surface area contributed by atoms with E-state index in [-0.39, 0.29) is 0 Å². The summed E-state index contributed by atoms with van der Waals surface area (Å²) in [5, 5.41) is 0. The van der Waals surface area contributed by atoms with Gasteiger partial charge in [-0.05, 0) is 12.2 Å². The first-order valence-electron chi connectivity index (χ1n) is 3.25. The van der Waals surface area contributed by atoms with Crippen LogP contribution in [-0.4, -0.2) is 28.9 Å². The van der Waals surface area contributed by atoms with Crippen LogP contribution in [0.1, 0.15) is 13.8 Å². The van der Waals surface area contributed by atoms with Crippen molar-refractivity contribution in [3.8, 4) is 0 Å². The summed E-state index contributed by atoms with van der Waals surface area (Å²) >= 11 is 6.35. The molecule has 0 atom stereocenters. The second-order valence-electron chi connectivity index (χ2n) is 1.66. The Kier molecular flexibility index (Phi) is 6.06. The number of methoxy groups -OCH3 is 1. The normalized spacial score (nSPS) is 10.0. The van der Waals surface area contributed by atoms with Crippen molar-refractivity contribution in [1.82, 2.24) is 4.31 Å². The molecule has 0 aromatic rings. The number of ether oxygens (including phenoxy) is 1. The lowest BCUT2D eigenvalue weighted by atomic mass is 10.7. The first-order chi connectivity index (χ1) is 4.74. The molecule has 2 nitrogen and oxygen atoms in total. The van der Waals surface area contributed by atoms with Gasteiger partial charge in [-0.25, -0.2) is 4.31 Å². The number of rotatable bonds is 3. The van der Waals surface area contributed by atoms with E-state index in [0.29, 0.717) is 4.38 Å². The molecule has 0 saturated heterocycles. The summed E-state index contributed by atoms with van der Waals surface area (Å²) in [5.74, 6) is 0. The summed E-state index contributed by atoms with van der Waals surface area (Å²) in [5.41, 5.74) is 0. The number of thiocarbonyl (C=S) groups is 1. The van der Waals surface area contributed by atoms with Gasteiger partial charge in [-0.1, -0.05) is 13.8 Å². The summed E-state index contributed by atoms with van der Waals surface area (Å²) in [6.07, 6.45) is 0. The van der Waals surface area contributed by atoms with Crippen molar-refractivity contribution in [2.75, 3.05) is 20.2 Å². The van der Waals surface area contributed by atoms with Crippen LogP contribution in [0, 0.1) is 0 Å².